The van der Waals surface area contributed by atoms with Gasteiger partial charge in [0, 0.05) is 5.69 Å². The highest BCUT2D eigenvalue weighted by molar-refractivity contribution is 5.85. The van der Waals surface area contributed by atoms with Gasteiger partial charge >= 0.3 is 0 Å². The quantitative estimate of drug-likeness (QED) is 0.715. The Kier molecular flexibility index (Phi) is 6.56. The van der Waals surface area contributed by atoms with Gasteiger partial charge in [-0.15, -0.1) is 24.8 Å². The number of halogens is 2. The molecule has 1 aromatic heterocycles. The van der Waals surface area contributed by atoms with Crippen LogP contribution in [0, 0.1) is 13.8 Å². The molecule has 5 heteroatoms. The lowest BCUT2D eigenvalue weighted by molar-refractivity contribution is 0.940. The van der Waals surface area contributed by atoms with Gasteiger partial charge in [-0.05, 0) is 13.8 Å². The second kappa shape index (κ2) is 5.41. The molecule has 66 valence electrons. The van der Waals surface area contributed by atoms with E-state index in [1.165, 1.54) is 0 Å². The number of hydrogen-bond donors (Lipinski definition) is 2. The highest BCUT2D eigenvalue weighted by Crippen LogP contribution is 2.00. The normalized spacial score (nSPS) is 8.27. The molecule has 1 rings (SSSR count). The molecule has 3 nitrogen and oxygen atoms in total. The van der Waals surface area contributed by atoms with Gasteiger partial charge in [0.2, 0.25) is 0 Å². The van der Waals surface area contributed by atoms with E-state index in [9.17, 15) is 0 Å². The molecule has 3 N–H and O–H groups in total. The Morgan fingerprint density at radius 1 is 1.36 bits per heavy atom. The summed E-state index contributed by atoms with van der Waals surface area (Å²) in [6.07, 6.45) is 0. The summed E-state index contributed by atoms with van der Waals surface area (Å²) in [5.74, 6) is 0.866. The summed E-state index contributed by atoms with van der Waals surface area (Å²) in [7, 11) is 0. The summed E-state index contributed by atoms with van der Waals surface area (Å²) in [6.45, 7) is 4.45. The maximum absolute atomic E-state index is 5.34. The molecule has 0 saturated carbocycles. The number of aromatic nitrogens is 2. The topological polar surface area (TPSA) is 54.7 Å². The molecule has 11 heavy (non-hydrogen) atoms. The highest BCUT2D eigenvalue weighted by Gasteiger charge is 1.97. The number of rotatable bonds is 1. The summed E-state index contributed by atoms with van der Waals surface area (Å²) in [5, 5.41) is 0. The van der Waals surface area contributed by atoms with E-state index in [2.05, 4.69) is 9.97 Å². The first-order valence-electron chi connectivity index (χ1n) is 2.96. The van der Waals surface area contributed by atoms with Crippen molar-refractivity contribution in [3.63, 3.8) is 0 Å². The minimum atomic E-state index is 0. The molecule has 0 aliphatic carbocycles. The lowest BCUT2D eigenvalue weighted by atomic mass is 10.4. The van der Waals surface area contributed by atoms with Crippen LogP contribution >= 0.6 is 24.8 Å². The van der Waals surface area contributed by atoms with Crippen LogP contribution in [0.4, 0.5) is 0 Å². The number of hydrogen-bond acceptors (Lipinski definition) is 2. The van der Waals surface area contributed by atoms with Crippen molar-refractivity contribution in [1.82, 2.24) is 9.97 Å². The van der Waals surface area contributed by atoms with Crippen LogP contribution in [-0.4, -0.2) is 9.97 Å². The van der Waals surface area contributed by atoms with E-state index in [0.29, 0.717) is 6.54 Å². The Morgan fingerprint density at radius 3 is 2.09 bits per heavy atom. The van der Waals surface area contributed by atoms with Gasteiger partial charge in [-0.1, -0.05) is 0 Å². The maximum atomic E-state index is 5.34. The number of nitrogens with zero attached hydrogens (tertiary/aromatic N) is 1. The molecule has 0 fully saturated rings. The second-order valence-electron chi connectivity index (χ2n) is 2.10. The van der Waals surface area contributed by atoms with E-state index in [1.54, 1.807) is 0 Å². The number of nitrogens with two attached hydrogens (primary N) is 1. The van der Waals surface area contributed by atoms with Gasteiger partial charge in [-0.2, -0.15) is 0 Å². The van der Waals surface area contributed by atoms with Crippen molar-refractivity contribution in [1.29, 1.82) is 0 Å². The second-order valence-corrected chi connectivity index (χ2v) is 2.10. The first-order chi connectivity index (χ1) is 4.24. The molecule has 0 saturated heterocycles. The van der Waals surface area contributed by atoms with Crippen LogP contribution in [0.5, 0.6) is 0 Å². The lowest BCUT2D eigenvalue weighted by Crippen LogP contribution is -1.97. The summed E-state index contributed by atoms with van der Waals surface area (Å²) < 4.78 is 0. The summed E-state index contributed by atoms with van der Waals surface area (Å²) in [4.78, 5) is 7.21. The summed E-state index contributed by atoms with van der Waals surface area (Å²) in [6, 6.07) is 0. The van der Waals surface area contributed by atoms with Gasteiger partial charge in [-0.3, -0.25) is 0 Å². The fourth-order valence-corrected chi connectivity index (χ4v) is 0.718. The van der Waals surface area contributed by atoms with E-state index in [4.69, 9.17) is 5.73 Å². The molecule has 1 heterocycles. The molecule has 0 unspecified atom stereocenters. The Hall–Kier alpha value is -0.250. The van der Waals surface area contributed by atoms with E-state index in [1.807, 2.05) is 13.8 Å². The minimum Gasteiger partial charge on any atom is -0.345 e. The van der Waals surface area contributed by atoms with Crippen molar-refractivity contribution in [2.24, 2.45) is 5.73 Å². The average Bonchev–Trinajstić information content (AvgIpc) is 2.13. The number of imidazole rings is 1. The number of nitrogens with one attached hydrogen (secondary N) is 1. The van der Waals surface area contributed by atoms with Crippen LogP contribution in [-0.2, 0) is 6.54 Å². The van der Waals surface area contributed by atoms with Crippen molar-refractivity contribution >= 4 is 24.8 Å². The Bertz CT molecular complexity index is 190. The van der Waals surface area contributed by atoms with Crippen molar-refractivity contribution in [3.8, 4) is 0 Å². The molecule has 0 aliphatic rings. The zero-order valence-electron chi connectivity index (χ0n) is 6.55. The van der Waals surface area contributed by atoms with Crippen LogP contribution in [0.1, 0.15) is 17.2 Å². The molecule has 0 aliphatic heterocycles. The molecule has 0 atom stereocenters. The summed E-state index contributed by atoms with van der Waals surface area (Å²) in [5.41, 5.74) is 7.48. The Morgan fingerprint density at radius 2 is 1.91 bits per heavy atom. The van der Waals surface area contributed by atoms with E-state index < -0.39 is 0 Å². The maximum Gasteiger partial charge on any atom is 0.120 e. The van der Waals surface area contributed by atoms with Crippen LogP contribution in [0.25, 0.3) is 0 Å². The van der Waals surface area contributed by atoms with Gasteiger partial charge < -0.3 is 10.7 Å². The molecule has 0 radical (unpaired) electrons. The predicted octanol–water partition coefficient (Wildman–Crippen LogP) is 1.33. The molecule has 0 amide bonds. The zero-order valence-corrected chi connectivity index (χ0v) is 8.18. The monoisotopic (exact) mass is 197 g/mol. The molecular formula is C6H13Cl2N3. The highest BCUT2D eigenvalue weighted by atomic mass is 35.5. The average molecular weight is 198 g/mol. The molecular weight excluding hydrogens is 185 g/mol. The third-order valence-electron chi connectivity index (χ3n) is 1.37. The Labute approximate surface area is 78.6 Å². The largest absolute Gasteiger partial charge is 0.345 e. The van der Waals surface area contributed by atoms with Crippen molar-refractivity contribution < 1.29 is 0 Å². The summed E-state index contributed by atoms with van der Waals surface area (Å²) >= 11 is 0. The van der Waals surface area contributed by atoms with Crippen LogP contribution < -0.4 is 5.73 Å². The zero-order chi connectivity index (χ0) is 6.85. The fraction of sp³-hybridized carbons (Fsp3) is 0.500. The molecule has 0 aromatic carbocycles. The van der Waals surface area contributed by atoms with Crippen LogP contribution in [0.3, 0.4) is 0 Å². The van der Waals surface area contributed by atoms with Gasteiger partial charge in [0.1, 0.15) is 5.82 Å². The van der Waals surface area contributed by atoms with E-state index >= 15 is 0 Å². The lowest BCUT2D eigenvalue weighted by Gasteiger charge is -1.82. The number of aryl methyl sites for hydroxylation is 2. The fourth-order valence-electron chi connectivity index (χ4n) is 0.718. The third-order valence-corrected chi connectivity index (χ3v) is 1.37. The van der Waals surface area contributed by atoms with Gasteiger partial charge in [0.25, 0.3) is 0 Å². The molecule has 0 spiro atoms. The SMILES string of the molecule is Cc1nc(CN)[nH]c1C.Cl.Cl. The Balaban J connectivity index is 0. The van der Waals surface area contributed by atoms with Crippen LogP contribution in [0.2, 0.25) is 0 Å². The van der Waals surface area contributed by atoms with Crippen LogP contribution in [0.15, 0.2) is 0 Å². The van der Waals surface area contributed by atoms with Gasteiger partial charge in [-0.25, -0.2) is 4.98 Å². The first-order valence-corrected chi connectivity index (χ1v) is 2.96. The standard InChI is InChI=1S/C6H11N3.2ClH/c1-4-5(2)9-6(3-7)8-4;;/h3,7H2,1-2H3,(H,8,9);2*1H. The van der Waals surface area contributed by atoms with E-state index in [-0.39, 0.29) is 24.8 Å². The first kappa shape index (κ1) is 13.3. The van der Waals surface area contributed by atoms with Crippen molar-refractivity contribution in [3.05, 3.63) is 17.2 Å². The van der Waals surface area contributed by atoms with Gasteiger partial charge in [0.15, 0.2) is 0 Å². The minimum absolute atomic E-state index is 0. The third kappa shape index (κ3) is 3.10. The predicted molar refractivity (Wildman–Crippen MR) is 50.4 cm³/mol. The van der Waals surface area contributed by atoms with Crippen molar-refractivity contribution in [2.75, 3.05) is 0 Å². The smallest absolute Gasteiger partial charge is 0.120 e. The number of aromatic amines is 1. The van der Waals surface area contributed by atoms with E-state index in [0.717, 1.165) is 17.2 Å². The molecule has 1 aromatic rings. The molecule has 0 bridgehead atoms. The number of H-pyrrole nitrogens is 1. The van der Waals surface area contributed by atoms with Crippen molar-refractivity contribution in [2.45, 2.75) is 20.4 Å². The van der Waals surface area contributed by atoms with Gasteiger partial charge in [0.05, 0.1) is 12.2 Å².